The van der Waals surface area contributed by atoms with E-state index in [0.717, 1.165) is 35.0 Å². The summed E-state index contributed by atoms with van der Waals surface area (Å²) in [7, 11) is 0. The van der Waals surface area contributed by atoms with Gasteiger partial charge < -0.3 is 20.5 Å². The number of nitrogens with zero attached hydrogens (tertiary/aromatic N) is 2. The fraction of sp³-hybridized carbons (Fsp3) is 0.286. The maximum Gasteiger partial charge on any atom is 0.321 e. The molecule has 144 valence electrons. The predicted molar refractivity (Wildman–Crippen MR) is 108 cm³/mol. The second-order valence-electron chi connectivity index (χ2n) is 7.04. The van der Waals surface area contributed by atoms with Crippen molar-refractivity contribution >= 4 is 28.5 Å². The zero-order chi connectivity index (χ0) is 19.3. The van der Waals surface area contributed by atoms with E-state index in [4.69, 9.17) is 0 Å². The highest BCUT2D eigenvalue weighted by atomic mass is 16.2. The van der Waals surface area contributed by atoms with Crippen molar-refractivity contribution < 1.29 is 9.59 Å². The SMILES string of the molecule is O=C(Cc1c[nH]c2cnccc12)NC1CCN(C(=O)Nc2ccccc2)CC1. The van der Waals surface area contributed by atoms with Crippen LogP contribution in [-0.2, 0) is 11.2 Å². The molecule has 1 aliphatic rings. The molecule has 1 fully saturated rings. The van der Waals surface area contributed by atoms with E-state index in [2.05, 4.69) is 20.6 Å². The molecule has 0 saturated carbocycles. The van der Waals surface area contributed by atoms with Crippen LogP contribution in [0.15, 0.2) is 55.0 Å². The van der Waals surface area contributed by atoms with Crippen LogP contribution in [0.3, 0.4) is 0 Å². The monoisotopic (exact) mass is 377 g/mol. The minimum atomic E-state index is -0.0941. The first kappa shape index (κ1) is 18.0. The number of carbonyl (C=O) groups excluding carboxylic acids is 2. The molecular weight excluding hydrogens is 354 g/mol. The Kier molecular flexibility index (Phi) is 5.23. The number of hydrogen-bond acceptors (Lipinski definition) is 3. The molecule has 7 heteroatoms. The minimum Gasteiger partial charge on any atom is -0.360 e. The van der Waals surface area contributed by atoms with Gasteiger partial charge in [0.05, 0.1) is 18.1 Å². The predicted octanol–water partition coefficient (Wildman–Crippen LogP) is 2.92. The second kappa shape index (κ2) is 8.12. The van der Waals surface area contributed by atoms with E-state index < -0.39 is 0 Å². The first-order chi connectivity index (χ1) is 13.7. The Bertz CT molecular complexity index is 961. The normalized spacial score (nSPS) is 14.8. The van der Waals surface area contributed by atoms with Gasteiger partial charge in [-0.05, 0) is 36.6 Å². The van der Waals surface area contributed by atoms with Crippen molar-refractivity contribution in [2.24, 2.45) is 0 Å². The van der Waals surface area contributed by atoms with Gasteiger partial charge in [-0.2, -0.15) is 0 Å². The second-order valence-corrected chi connectivity index (χ2v) is 7.04. The van der Waals surface area contributed by atoms with Gasteiger partial charge in [-0.1, -0.05) is 18.2 Å². The Balaban J connectivity index is 1.26. The smallest absolute Gasteiger partial charge is 0.321 e. The van der Waals surface area contributed by atoms with Crippen LogP contribution < -0.4 is 10.6 Å². The number of benzene rings is 1. The van der Waals surface area contributed by atoms with Gasteiger partial charge in [0.2, 0.25) is 5.91 Å². The quantitative estimate of drug-likeness (QED) is 0.653. The summed E-state index contributed by atoms with van der Waals surface area (Å²) in [4.78, 5) is 33.8. The average molecular weight is 377 g/mol. The highest BCUT2D eigenvalue weighted by molar-refractivity contribution is 5.90. The summed E-state index contributed by atoms with van der Waals surface area (Å²) >= 11 is 0. The third-order valence-electron chi connectivity index (χ3n) is 5.09. The number of piperidine rings is 1. The van der Waals surface area contributed by atoms with Crippen LogP contribution in [0.1, 0.15) is 18.4 Å². The molecule has 1 aromatic carbocycles. The summed E-state index contributed by atoms with van der Waals surface area (Å²) < 4.78 is 0. The summed E-state index contributed by atoms with van der Waals surface area (Å²) in [6.45, 7) is 1.25. The molecule has 2 aromatic heterocycles. The number of likely N-dealkylation sites (tertiary alicyclic amines) is 1. The van der Waals surface area contributed by atoms with Gasteiger partial charge >= 0.3 is 6.03 Å². The molecule has 4 rings (SSSR count). The Morgan fingerprint density at radius 3 is 2.71 bits per heavy atom. The van der Waals surface area contributed by atoms with Gasteiger partial charge in [-0.15, -0.1) is 0 Å². The Labute approximate surface area is 163 Å². The molecule has 28 heavy (non-hydrogen) atoms. The maximum atomic E-state index is 12.4. The Morgan fingerprint density at radius 1 is 1.14 bits per heavy atom. The lowest BCUT2D eigenvalue weighted by molar-refractivity contribution is -0.121. The van der Waals surface area contributed by atoms with Crippen molar-refractivity contribution in [3.63, 3.8) is 0 Å². The van der Waals surface area contributed by atoms with Crippen molar-refractivity contribution in [3.8, 4) is 0 Å². The van der Waals surface area contributed by atoms with Crippen molar-refractivity contribution in [1.29, 1.82) is 0 Å². The van der Waals surface area contributed by atoms with E-state index in [1.807, 2.05) is 42.6 Å². The molecule has 3 amide bonds. The summed E-state index contributed by atoms with van der Waals surface area (Å²) in [5, 5.41) is 7.03. The summed E-state index contributed by atoms with van der Waals surface area (Å²) in [5.74, 6) is 0.00454. The van der Waals surface area contributed by atoms with Crippen LogP contribution >= 0.6 is 0 Å². The number of aromatic nitrogens is 2. The van der Waals surface area contributed by atoms with E-state index >= 15 is 0 Å². The number of H-pyrrole nitrogens is 1. The molecule has 0 atom stereocenters. The number of rotatable bonds is 4. The number of fused-ring (bicyclic) bond motifs is 1. The zero-order valence-electron chi connectivity index (χ0n) is 15.5. The number of anilines is 1. The molecule has 0 unspecified atom stereocenters. The molecule has 1 aliphatic heterocycles. The first-order valence-corrected chi connectivity index (χ1v) is 9.49. The Hall–Kier alpha value is -3.35. The molecule has 3 heterocycles. The topological polar surface area (TPSA) is 90.1 Å². The maximum absolute atomic E-state index is 12.4. The lowest BCUT2D eigenvalue weighted by atomic mass is 10.0. The lowest BCUT2D eigenvalue weighted by Gasteiger charge is -2.32. The van der Waals surface area contributed by atoms with Crippen molar-refractivity contribution in [3.05, 3.63) is 60.6 Å². The van der Waals surface area contributed by atoms with Gasteiger partial charge in [0.25, 0.3) is 0 Å². The average Bonchev–Trinajstić information content (AvgIpc) is 3.12. The summed E-state index contributed by atoms with van der Waals surface area (Å²) in [6.07, 6.45) is 7.19. The van der Waals surface area contributed by atoms with E-state index in [9.17, 15) is 9.59 Å². The number of pyridine rings is 1. The molecule has 0 spiro atoms. The van der Waals surface area contributed by atoms with Crippen molar-refractivity contribution in [2.45, 2.75) is 25.3 Å². The number of carbonyl (C=O) groups is 2. The van der Waals surface area contributed by atoms with E-state index in [1.54, 1.807) is 17.3 Å². The van der Waals surface area contributed by atoms with Crippen molar-refractivity contribution in [1.82, 2.24) is 20.2 Å². The number of nitrogens with one attached hydrogen (secondary N) is 3. The third kappa shape index (κ3) is 4.14. The third-order valence-corrected chi connectivity index (χ3v) is 5.09. The van der Waals surface area contributed by atoms with Gasteiger partial charge in [0, 0.05) is 42.6 Å². The molecule has 7 nitrogen and oxygen atoms in total. The standard InChI is InChI=1S/C21H23N5O2/c27-20(12-15-13-23-19-14-22-9-6-18(15)19)24-17-7-10-26(11-8-17)21(28)25-16-4-2-1-3-5-16/h1-6,9,13-14,17,23H,7-8,10-12H2,(H,24,27)(H,25,28). The van der Waals surface area contributed by atoms with Gasteiger partial charge in [-0.25, -0.2) is 4.79 Å². The van der Waals surface area contributed by atoms with Crippen LogP contribution in [0.2, 0.25) is 0 Å². The van der Waals surface area contributed by atoms with E-state index in [-0.39, 0.29) is 18.0 Å². The fourth-order valence-electron chi connectivity index (χ4n) is 3.58. The highest BCUT2D eigenvalue weighted by Crippen LogP contribution is 2.18. The first-order valence-electron chi connectivity index (χ1n) is 9.49. The molecular formula is C21H23N5O2. The molecule has 0 aliphatic carbocycles. The van der Waals surface area contributed by atoms with Crippen LogP contribution in [0.25, 0.3) is 10.9 Å². The number of para-hydroxylation sites is 1. The van der Waals surface area contributed by atoms with E-state index in [0.29, 0.717) is 19.5 Å². The fourth-order valence-corrected chi connectivity index (χ4v) is 3.58. The van der Waals surface area contributed by atoms with Gasteiger partial charge in [0.15, 0.2) is 0 Å². The minimum absolute atomic E-state index is 0.00454. The molecule has 3 aromatic rings. The van der Waals surface area contributed by atoms with Gasteiger partial charge in [-0.3, -0.25) is 9.78 Å². The number of aromatic amines is 1. The molecule has 3 N–H and O–H groups in total. The number of hydrogen-bond donors (Lipinski definition) is 3. The zero-order valence-corrected chi connectivity index (χ0v) is 15.5. The van der Waals surface area contributed by atoms with Gasteiger partial charge in [0.1, 0.15) is 0 Å². The van der Waals surface area contributed by atoms with Crippen LogP contribution in [0, 0.1) is 0 Å². The van der Waals surface area contributed by atoms with Crippen LogP contribution in [0.5, 0.6) is 0 Å². The molecule has 1 saturated heterocycles. The summed E-state index contributed by atoms with van der Waals surface area (Å²) in [5.41, 5.74) is 2.69. The van der Waals surface area contributed by atoms with E-state index in [1.165, 1.54) is 0 Å². The largest absolute Gasteiger partial charge is 0.360 e. The molecule has 0 radical (unpaired) electrons. The van der Waals surface area contributed by atoms with Crippen molar-refractivity contribution in [2.75, 3.05) is 18.4 Å². The molecule has 0 bridgehead atoms. The number of urea groups is 1. The Morgan fingerprint density at radius 2 is 1.93 bits per heavy atom. The summed E-state index contributed by atoms with van der Waals surface area (Å²) in [6, 6.07) is 11.3. The highest BCUT2D eigenvalue weighted by Gasteiger charge is 2.24. The van der Waals surface area contributed by atoms with Crippen LogP contribution in [0.4, 0.5) is 10.5 Å². The lowest BCUT2D eigenvalue weighted by Crippen LogP contribution is -2.48. The number of amides is 3. The van der Waals surface area contributed by atoms with Crippen LogP contribution in [-0.4, -0.2) is 45.9 Å².